The van der Waals surface area contributed by atoms with Gasteiger partial charge in [0.15, 0.2) is 0 Å². The van der Waals surface area contributed by atoms with Crippen LogP contribution in [0.4, 0.5) is 5.82 Å². The molecule has 1 fully saturated rings. The van der Waals surface area contributed by atoms with Crippen molar-refractivity contribution in [3.63, 3.8) is 0 Å². The summed E-state index contributed by atoms with van der Waals surface area (Å²) in [5.74, 6) is -0.264. The largest absolute Gasteiger partial charge is 0.478 e. The van der Waals surface area contributed by atoms with Gasteiger partial charge in [-0.1, -0.05) is 0 Å². The molecule has 1 N–H and O–H groups in total. The molecule has 1 aromatic heterocycles. The van der Waals surface area contributed by atoms with Crippen molar-refractivity contribution in [3.05, 3.63) is 22.9 Å². The number of carboxylic acids is 1. The Labute approximate surface area is 124 Å². The van der Waals surface area contributed by atoms with Gasteiger partial charge in [-0.05, 0) is 50.2 Å². The lowest BCUT2D eigenvalue weighted by molar-refractivity contribution is 0.0696. The van der Waals surface area contributed by atoms with Crippen molar-refractivity contribution < 1.29 is 14.6 Å². The van der Waals surface area contributed by atoms with E-state index in [0.717, 1.165) is 63.0 Å². The SMILES string of the molecule is CN(c1nc2c(cc1C(=O)O)CCCC2)C1CCOCC1. The zero-order valence-electron chi connectivity index (χ0n) is 12.5. The van der Waals surface area contributed by atoms with Gasteiger partial charge in [0.25, 0.3) is 0 Å². The van der Waals surface area contributed by atoms with Gasteiger partial charge in [-0.3, -0.25) is 0 Å². The number of hydrogen-bond acceptors (Lipinski definition) is 4. The molecule has 1 aliphatic heterocycles. The van der Waals surface area contributed by atoms with Gasteiger partial charge in [0, 0.05) is 32.0 Å². The topological polar surface area (TPSA) is 62.7 Å². The molecule has 0 saturated carbocycles. The molecule has 1 aromatic rings. The normalized spacial score (nSPS) is 19.1. The minimum atomic E-state index is -0.884. The summed E-state index contributed by atoms with van der Waals surface area (Å²) in [4.78, 5) is 18.4. The van der Waals surface area contributed by atoms with E-state index in [2.05, 4.69) is 0 Å². The highest BCUT2D eigenvalue weighted by atomic mass is 16.5. The summed E-state index contributed by atoms with van der Waals surface area (Å²) < 4.78 is 5.39. The van der Waals surface area contributed by atoms with Gasteiger partial charge >= 0.3 is 5.97 Å². The second-order valence-corrected chi connectivity index (χ2v) is 5.93. The molecular weight excluding hydrogens is 268 g/mol. The number of pyridine rings is 1. The van der Waals surface area contributed by atoms with Crippen LogP contribution in [0.2, 0.25) is 0 Å². The van der Waals surface area contributed by atoms with Crippen LogP contribution < -0.4 is 4.90 Å². The summed E-state index contributed by atoms with van der Waals surface area (Å²) in [7, 11) is 1.96. The van der Waals surface area contributed by atoms with Gasteiger partial charge in [0.05, 0.1) is 0 Å². The Morgan fingerprint density at radius 1 is 1.33 bits per heavy atom. The van der Waals surface area contributed by atoms with E-state index >= 15 is 0 Å². The van der Waals surface area contributed by atoms with Crippen molar-refractivity contribution in [1.82, 2.24) is 4.98 Å². The number of carboxylic acid groups (broad SMARTS) is 1. The minimum Gasteiger partial charge on any atom is -0.478 e. The first-order valence-electron chi connectivity index (χ1n) is 7.73. The van der Waals surface area contributed by atoms with E-state index in [9.17, 15) is 9.90 Å². The molecule has 5 nitrogen and oxygen atoms in total. The number of hydrogen-bond donors (Lipinski definition) is 1. The third-order valence-corrected chi connectivity index (χ3v) is 4.58. The lowest BCUT2D eigenvalue weighted by Crippen LogP contribution is -2.38. The van der Waals surface area contributed by atoms with Gasteiger partial charge < -0.3 is 14.7 Å². The van der Waals surface area contributed by atoms with Crippen LogP contribution in [0.5, 0.6) is 0 Å². The highest BCUT2D eigenvalue weighted by Crippen LogP contribution is 2.29. The molecule has 5 heteroatoms. The molecule has 0 atom stereocenters. The maximum atomic E-state index is 11.6. The van der Waals surface area contributed by atoms with Gasteiger partial charge in [-0.25, -0.2) is 9.78 Å². The average molecular weight is 290 g/mol. The molecule has 0 radical (unpaired) electrons. The van der Waals surface area contributed by atoms with E-state index < -0.39 is 5.97 Å². The van der Waals surface area contributed by atoms with Crippen molar-refractivity contribution in [1.29, 1.82) is 0 Å². The number of anilines is 1. The highest BCUT2D eigenvalue weighted by Gasteiger charge is 2.26. The van der Waals surface area contributed by atoms with Crippen LogP contribution in [0, 0.1) is 0 Å². The number of aryl methyl sites for hydroxylation is 2. The molecule has 21 heavy (non-hydrogen) atoms. The smallest absolute Gasteiger partial charge is 0.339 e. The molecule has 0 amide bonds. The lowest BCUT2D eigenvalue weighted by atomic mass is 9.94. The summed E-state index contributed by atoms with van der Waals surface area (Å²) in [6.07, 6.45) is 6.03. The van der Waals surface area contributed by atoms with Crippen molar-refractivity contribution in [2.45, 2.75) is 44.6 Å². The van der Waals surface area contributed by atoms with Crippen LogP contribution in [0.3, 0.4) is 0 Å². The first-order chi connectivity index (χ1) is 10.2. The molecule has 2 heterocycles. The Kier molecular flexibility index (Phi) is 4.10. The molecule has 1 aliphatic carbocycles. The Morgan fingerprint density at radius 3 is 2.76 bits per heavy atom. The van der Waals surface area contributed by atoms with Crippen molar-refractivity contribution >= 4 is 11.8 Å². The average Bonchev–Trinajstić information content (AvgIpc) is 2.53. The van der Waals surface area contributed by atoms with E-state index in [4.69, 9.17) is 9.72 Å². The second kappa shape index (κ2) is 6.02. The number of nitrogens with zero attached hydrogens (tertiary/aromatic N) is 2. The van der Waals surface area contributed by atoms with E-state index in [1.54, 1.807) is 0 Å². The van der Waals surface area contributed by atoms with E-state index in [-0.39, 0.29) is 0 Å². The quantitative estimate of drug-likeness (QED) is 0.925. The molecule has 0 bridgehead atoms. The van der Waals surface area contributed by atoms with Crippen LogP contribution in [0.25, 0.3) is 0 Å². The molecule has 3 rings (SSSR count). The van der Waals surface area contributed by atoms with E-state index in [1.165, 1.54) is 0 Å². The first kappa shape index (κ1) is 14.3. The Bertz CT molecular complexity index is 539. The fraction of sp³-hybridized carbons (Fsp3) is 0.625. The molecule has 0 unspecified atom stereocenters. The number of rotatable bonds is 3. The van der Waals surface area contributed by atoms with Crippen LogP contribution in [-0.2, 0) is 17.6 Å². The van der Waals surface area contributed by atoms with Crippen molar-refractivity contribution in [2.75, 3.05) is 25.2 Å². The van der Waals surface area contributed by atoms with Crippen molar-refractivity contribution in [2.24, 2.45) is 0 Å². The zero-order chi connectivity index (χ0) is 14.8. The van der Waals surface area contributed by atoms with Crippen LogP contribution >= 0.6 is 0 Å². The molecule has 2 aliphatic rings. The fourth-order valence-electron chi connectivity index (χ4n) is 3.29. The minimum absolute atomic E-state index is 0.311. The predicted octanol–water partition coefficient (Wildman–Crippen LogP) is 2.27. The predicted molar refractivity (Wildman–Crippen MR) is 80.1 cm³/mol. The lowest BCUT2D eigenvalue weighted by Gasteiger charge is -2.33. The monoisotopic (exact) mass is 290 g/mol. The molecule has 1 saturated heterocycles. The molecular formula is C16H22N2O3. The molecule has 0 aromatic carbocycles. The Hall–Kier alpha value is -1.62. The van der Waals surface area contributed by atoms with Gasteiger partial charge in [-0.2, -0.15) is 0 Å². The summed E-state index contributed by atoms with van der Waals surface area (Å²) in [6, 6.07) is 2.15. The number of aromatic carboxylic acids is 1. The summed E-state index contributed by atoms with van der Waals surface area (Å²) in [6.45, 7) is 1.48. The van der Waals surface area contributed by atoms with Crippen LogP contribution in [0.15, 0.2) is 6.07 Å². The standard InChI is InChI=1S/C16H22N2O3/c1-18(12-6-8-21-9-7-12)15-13(16(19)20)10-11-4-2-3-5-14(11)17-15/h10,12H,2-9H2,1H3,(H,19,20). The zero-order valence-corrected chi connectivity index (χ0v) is 12.5. The maximum absolute atomic E-state index is 11.6. The Balaban J connectivity index is 1.96. The molecule has 0 spiro atoms. The van der Waals surface area contributed by atoms with E-state index in [0.29, 0.717) is 17.4 Å². The molecule has 114 valence electrons. The third-order valence-electron chi connectivity index (χ3n) is 4.58. The number of carbonyl (C=O) groups is 1. The fourth-order valence-corrected chi connectivity index (χ4v) is 3.29. The van der Waals surface area contributed by atoms with Gasteiger partial charge in [0.2, 0.25) is 0 Å². The summed E-state index contributed by atoms with van der Waals surface area (Å²) in [5, 5.41) is 9.52. The maximum Gasteiger partial charge on any atom is 0.339 e. The summed E-state index contributed by atoms with van der Waals surface area (Å²) in [5.41, 5.74) is 2.53. The van der Waals surface area contributed by atoms with Gasteiger partial charge in [-0.15, -0.1) is 0 Å². The van der Waals surface area contributed by atoms with Crippen molar-refractivity contribution in [3.8, 4) is 0 Å². The third kappa shape index (κ3) is 2.88. The van der Waals surface area contributed by atoms with Crippen LogP contribution in [0.1, 0.15) is 47.3 Å². The van der Waals surface area contributed by atoms with Gasteiger partial charge in [0.1, 0.15) is 11.4 Å². The van der Waals surface area contributed by atoms with Crippen LogP contribution in [-0.4, -0.2) is 42.4 Å². The highest BCUT2D eigenvalue weighted by molar-refractivity contribution is 5.93. The Morgan fingerprint density at radius 2 is 2.05 bits per heavy atom. The summed E-state index contributed by atoms with van der Waals surface area (Å²) >= 11 is 0. The number of ether oxygens (including phenoxy) is 1. The number of aromatic nitrogens is 1. The first-order valence-corrected chi connectivity index (χ1v) is 7.73. The number of fused-ring (bicyclic) bond motifs is 1. The van der Waals surface area contributed by atoms with E-state index in [1.807, 2.05) is 18.0 Å². The second-order valence-electron chi connectivity index (χ2n) is 5.93.